The van der Waals surface area contributed by atoms with Gasteiger partial charge >= 0.3 is 6.03 Å². The lowest BCUT2D eigenvalue weighted by Gasteiger charge is -2.40. The van der Waals surface area contributed by atoms with Gasteiger partial charge in [0.25, 0.3) is 0 Å². The van der Waals surface area contributed by atoms with Crippen LogP contribution in [0.25, 0.3) is 16.6 Å². The number of urea groups is 1. The number of amides is 2. The van der Waals surface area contributed by atoms with Crippen molar-refractivity contribution in [3.05, 3.63) is 30.1 Å². The van der Waals surface area contributed by atoms with Gasteiger partial charge in [-0.15, -0.1) is 10.2 Å². The maximum atomic E-state index is 12.3. The Labute approximate surface area is 164 Å². The summed E-state index contributed by atoms with van der Waals surface area (Å²) in [5, 5.41) is 12.8. The molecule has 0 radical (unpaired) electrons. The van der Waals surface area contributed by atoms with E-state index >= 15 is 0 Å². The Hall–Kier alpha value is -2.90. The van der Waals surface area contributed by atoms with Crippen molar-refractivity contribution in [2.75, 3.05) is 31.1 Å². The number of benzene rings is 1. The van der Waals surface area contributed by atoms with Crippen LogP contribution in [0, 0.1) is 0 Å². The number of aromatic nitrogens is 4. The molecule has 4 rings (SSSR count). The molecule has 0 bridgehead atoms. The number of carbonyl (C=O) groups excluding carboxylic acids is 1. The van der Waals surface area contributed by atoms with Crippen LogP contribution in [0.1, 0.15) is 39.4 Å². The quantitative estimate of drug-likeness (QED) is 0.755. The average Bonchev–Trinajstić information content (AvgIpc) is 3.13. The Balaban J connectivity index is 1.77. The molecule has 2 amide bonds. The first-order chi connectivity index (χ1) is 13.5. The molecule has 1 saturated heterocycles. The third-order valence-corrected chi connectivity index (χ3v) is 5.27. The Morgan fingerprint density at radius 2 is 2.04 bits per heavy atom. The molecule has 1 aliphatic heterocycles. The largest absolute Gasteiger partial charge is 0.338 e. The summed E-state index contributed by atoms with van der Waals surface area (Å²) in [5.41, 5.74) is 1.75. The van der Waals surface area contributed by atoms with E-state index in [2.05, 4.69) is 45.6 Å². The fraction of sp³-hybridized carbons (Fsp3) is 0.500. The zero-order valence-corrected chi connectivity index (χ0v) is 16.9. The molecule has 3 aromatic rings. The summed E-state index contributed by atoms with van der Waals surface area (Å²) >= 11 is 0. The molecule has 8 heteroatoms. The van der Waals surface area contributed by atoms with Gasteiger partial charge in [-0.25, -0.2) is 14.2 Å². The molecule has 148 valence electrons. The molecular weight excluding hydrogens is 354 g/mol. The Kier molecular flexibility index (Phi) is 4.78. The number of hydrogen-bond donors (Lipinski definition) is 1. The number of fused-ring (bicyclic) bond motifs is 3. The predicted molar refractivity (Wildman–Crippen MR) is 110 cm³/mol. The lowest BCUT2D eigenvalue weighted by molar-refractivity contribution is 0.171. The van der Waals surface area contributed by atoms with Crippen molar-refractivity contribution < 1.29 is 4.79 Å². The number of rotatable bonds is 3. The molecule has 1 fully saturated rings. The van der Waals surface area contributed by atoms with Gasteiger partial charge in [0, 0.05) is 43.5 Å². The molecule has 1 N–H and O–H groups in total. The summed E-state index contributed by atoms with van der Waals surface area (Å²) in [5.74, 6) is 1.98. The number of carbonyl (C=O) groups is 1. The summed E-state index contributed by atoms with van der Waals surface area (Å²) in [6.45, 7) is 11.0. The van der Waals surface area contributed by atoms with Gasteiger partial charge in [0.2, 0.25) is 5.95 Å². The molecule has 1 aromatic carbocycles. The van der Waals surface area contributed by atoms with Crippen molar-refractivity contribution in [2.45, 2.75) is 39.7 Å². The molecule has 2 aromatic heterocycles. The summed E-state index contributed by atoms with van der Waals surface area (Å²) < 4.78 is 2.08. The first kappa shape index (κ1) is 18.5. The van der Waals surface area contributed by atoms with Crippen molar-refractivity contribution in [1.82, 2.24) is 29.8 Å². The minimum Gasteiger partial charge on any atom is -0.338 e. The minimum absolute atomic E-state index is 0.00145. The van der Waals surface area contributed by atoms with E-state index in [0.29, 0.717) is 19.6 Å². The van der Waals surface area contributed by atoms with Gasteiger partial charge < -0.3 is 15.1 Å². The molecular formula is C20H27N7O. The van der Waals surface area contributed by atoms with Crippen LogP contribution in [0.2, 0.25) is 0 Å². The van der Waals surface area contributed by atoms with Crippen molar-refractivity contribution in [3.8, 4) is 0 Å². The van der Waals surface area contributed by atoms with Crippen LogP contribution >= 0.6 is 0 Å². The number of hydrogen-bond acceptors (Lipinski definition) is 5. The standard InChI is InChI=1S/C20H27N7O/c1-5-21-20(28)26-11-10-25(12-14(26)4)19-22-16-9-7-6-8-15(16)18-24-23-17(13(2)3)27(18)19/h6-9,13-14H,5,10-12H2,1-4H3,(H,21,28). The van der Waals surface area contributed by atoms with Crippen LogP contribution in [0.4, 0.5) is 10.7 Å². The number of anilines is 1. The van der Waals surface area contributed by atoms with Crippen LogP contribution in [-0.2, 0) is 0 Å². The van der Waals surface area contributed by atoms with Gasteiger partial charge in [0.1, 0.15) is 5.82 Å². The summed E-state index contributed by atoms with van der Waals surface area (Å²) in [4.78, 5) is 21.4. The van der Waals surface area contributed by atoms with Gasteiger partial charge in [0.05, 0.1) is 5.52 Å². The fourth-order valence-electron chi connectivity index (χ4n) is 3.87. The van der Waals surface area contributed by atoms with Gasteiger partial charge in [0.15, 0.2) is 5.65 Å². The molecule has 0 spiro atoms. The normalized spacial score (nSPS) is 17.7. The maximum Gasteiger partial charge on any atom is 0.317 e. The highest BCUT2D eigenvalue weighted by atomic mass is 16.2. The minimum atomic E-state index is -0.00145. The van der Waals surface area contributed by atoms with Crippen molar-refractivity contribution in [1.29, 1.82) is 0 Å². The highest BCUT2D eigenvalue weighted by molar-refractivity contribution is 5.92. The SMILES string of the molecule is CCNC(=O)N1CCN(c2nc3ccccc3c3nnc(C(C)C)n23)CC1C. The number of para-hydroxylation sites is 1. The predicted octanol–water partition coefficient (Wildman–Crippen LogP) is 2.64. The van der Waals surface area contributed by atoms with Gasteiger partial charge in [-0.3, -0.25) is 0 Å². The second-order valence-corrected chi connectivity index (χ2v) is 7.62. The molecule has 8 nitrogen and oxygen atoms in total. The summed E-state index contributed by atoms with van der Waals surface area (Å²) in [7, 11) is 0. The Morgan fingerprint density at radius 3 is 2.75 bits per heavy atom. The first-order valence-corrected chi connectivity index (χ1v) is 9.94. The van der Waals surface area contributed by atoms with Crippen molar-refractivity contribution in [3.63, 3.8) is 0 Å². The number of piperazine rings is 1. The van der Waals surface area contributed by atoms with Crippen molar-refractivity contribution in [2.24, 2.45) is 0 Å². The monoisotopic (exact) mass is 381 g/mol. The molecule has 28 heavy (non-hydrogen) atoms. The number of nitrogens with zero attached hydrogens (tertiary/aromatic N) is 6. The van der Waals surface area contributed by atoms with Crippen LogP contribution in [0.15, 0.2) is 24.3 Å². The van der Waals surface area contributed by atoms with Gasteiger partial charge in [-0.1, -0.05) is 26.0 Å². The summed E-state index contributed by atoms with van der Waals surface area (Å²) in [6, 6.07) is 8.12. The summed E-state index contributed by atoms with van der Waals surface area (Å²) in [6.07, 6.45) is 0. The topological polar surface area (TPSA) is 78.7 Å². The lowest BCUT2D eigenvalue weighted by Crippen LogP contribution is -2.57. The molecule has 0 aliphatic carbocycles. The first-order valence-electron chi connectivity index (χ1n) is 9.94. The van der Waals surface area contributed by atoms with E-state index in [1.165, 1.54) is 0 Å². The van der Waals surface area contributed by atoms with Crippen LogP contribution < -0.4 is 10.2 Å². The second kappa shape index (κ2) is 7.26. The van der Waals surface area contributed by atoms with Crippen LogP contribution in [0.3, 0.4) is 0 Å². The van der Waals surface area contributed by atoms with E-state index in [1.807, 2.05) is 36.1 Å². The maximum absolute atomic E-state index is 12.3. The van der Waals surface area contributed by atoms with Gasteiger partial charge in [-0.05, 0) is 26.0 Å². The zero-order valence-electron chi connectivity index (χ0n) is 16.9. The van der Waals surface area contributed by atoms with Crippen LogP contribution in [-0.4, -0.2) is 62.7 Å². The Morgan fingerprint density at radius 1 is 1.25 bits per heavy atom. The smallest absolute Gasteiger partial charge is 0.317 e. The van der Waals surface area contributed by atoms with Crippen molar-refractivity contribution >= 4 is 28.5 Å². The second-order valence-electron chi connectivity index (χ2n) is 7.62. The zero-order chi connectivity index (χ0) is 19.8. The van der Waals surface area contributed by atoms with E-state index in [0.717, 1.165) is 34.9 Å². The third-order valence-electron chi connectivity index (χ3n) is 5.27. The number of nitrogens with one attached hydrogen (secondary N) is 1. The molecule has 1 atom stereocenters. The van der Waals surface area contributed by atoms with E-state index in [9.17, 15) is 4.79 Å². The molecule has 1 aliphatic rings. The lowest BCUT2D eigenvalue weighted by atomic mass is 10.2. The van der Waals surface area contributed by atoms with E-state index in [4.69, 9.17) is 4.98 Å². The van der Waals surface area contributed by atoms with E-state index in [-0.39, 0.29) is 18.0 Å². The molecule has 0 saturated carbocycles. The van der Waals surface area contributed by atoms with E-state index < -0.39 is 0 Å². The molecule has 3 heterocycles. The fourth-order valence-corrected chi connectivity index (χ4v) is 3.87. The molecule has 1 unspecified atom stereocenters. The third kappa shape index (κ3) is 3.02. The highest BCUT2D eigenvalue weighted by Crippen LogP contribution is 2.27. The van der Waals surface area contributed by atoms with Gasteiger partial charge in [-0.2, -0.15) is 0 Å². The van der Waals surface area contributed by atoms with E-state index in [1.54, 1.807) is 0 Å². The van der Waals surface area contributed by atoms with Crippen LogP contribution in [0.5, 0.6) is 0 Å². The average molecular weight is 381 g/mol. The highest BCUT2D eigenvalue weighted by Gasteiger charge is 2.30. The Bertz CT molecular complexity index is 1010.